The molecule has 1 aliphatic carbocycles. The van der Waals surface area contributed by atoms with Crippen LogP contribution in [0.4, 0.5) is 5.69 Å². The minimum Gasteiger partial charge on any atom is -0.332 e. The largest absolute Gasteiger partial charge is 0.332 e. The molecule has 0 bridgehead atoms. The Hall–Kier alpha value is -5.85. The summed E-state index contributed by atoms with van der Waals surface area (Å²) in [5.41, 5.74) is 8.60. The SMILES string of the molecule is C1=CC2=NC(c3ccccc3)N(c3ccc(-n4c5cc6sc7ccccc7c6cc5c5ncc(-c6ccccc6)cc54)nc3)C2C=C1. The van der Waals surface area contributed by atoms with Gasteiger partial charge in [-0.15, -0.1) is 11.3 Å². The van der Waals surface area contributed by atoms with Gasteiger partial charge in [-0.2, -0.15) is 0 Å². The van der Waals surface area contributed by atoms with Gasteiger partial charge in [0.05, 0.1) is 40.2 Å². The molecule has 0 fully saturated rings. The molecule has 6 heteroatoms. The number of anilines is 1. The van der Waals surface area contributed by atoms with Crippen molar-refractivity contribution in [3.05, 3.63) is 158 Å². The molecule has 5 nitrogen and oxygen atoms in total. The van der Waals surface area contributed by atoms with E-state index in [0.717, 1.165) is 55.8 Å². The van der Waals surface area contributed by atoms with Gasteiger partial charge < -0.3 is 4.90 Å². The van der Waals surface area contributed by atoms with E-state index in [0.29, 0.717) is 0 Å². The molecule has 8 aromatic rings. The van der Waals surface area contributed by atoms with Crippen LogP contribution in [0.1, 0.15) is 11.7 Å². The van der Waals surface area contributed by atoms with Gasteiger partial charge in [0.25, 0.3) is 0 Å². The van der Waals surface area contributed by atoms with Crippen LogP contribution in [0.15, 0.2) is 157 Å². The van der Waals surface area contributed by atoms with Crippen LogP contribution in [-0.2, 0) is 0 Å². The molecule has 0 amide bonds. The minimum absolute atomic E-state index is 0.0602. The van der Waals surface area contributed by atoms with Gasteiger partial charge in [-0.05, 0) is 53.6 Å². The van der Waals surface area contributed by atoms with Crippen molar-refractivity contribution in [1.82, 2.24) is 14.5 Å². The van der Waals surface area contributed by atoms with Crippen LogP contribution < -0.4 is 4.90 Å². The van der Waals surface area contributed by atoms with Gasteiger partial charge in [0.15, 0.2) is 0 Å². The zero-order valence-corrected chi connectivity index (χ0v) is 26.0. The second kappa shape index (κ2) is 10.3. The number of hydrogen-bond acceptors (Lipinski definition) is 5. The van der Waals surface area contributed by atoms with Gasteiger partial charge in [-0.3, -0.25) is 14.5 Å². The van der Waals surface area contributed by atoms with Crippen molar-refractivity contribution in [2.75, 3.05) is 4.90 Å². The van der Waals surface area contributed by atoms with Crippen molar-refractivity contribution in [1.29, 1.82) is 0 Å². The van der Waals surface area contributed by atoms with Crippen molar-refractivity contribution >= 4 is 64.8 Å². The lowest BCUT2D eigenvalue weighted by atomic mass is 10.0. The lowest BCUT2D eigenvalue weighted by Gasteiger charge is -2.31. The molecule has 4 aromatic carbocycles. The van der Waals surface area contributed by atoms with E-state index in [1.54, 1.807) is 0 Å². The molecular weight excluding hydrogens is 595 g/mol. The molecular formula is C41H27N5S. The number of rotatable bonds is 4. The first-order valence-corrected chi connectivity index (χ1v) is 16.6. The van der Waals surface area contributed by atoms with Crippen molar-refractivity contribution in [3.63, 3.8) is 0 Å². The number of allylic oxidation sites excluding steroid dienone is 2. The zero-order chi connectivity index (χ0) is 30.9. The van der Waals surface area contributed by atoms with Gasteiger partial charge in [0.2, 0.25) is 0 Å². The van der Waals surface area contributed by atoms with Gasteiger partial charge >= 0.3 is 0 Å². The molecule has 5 heterocycles. The van der Waals surface area contributed by atoms with Crippen LogP contribution >= 0.6 is 11.3 Å². The highest BCUT2D eigenvalue weighted by Crippen LogP contribution is 2.42. The quantitative estimate of drug-likeness (QED) is 0.196. The maximum Gasteiger partial charge on any atom is 0.148 e. The Balaban J connectivity index is 1.16. The third-order valence-electron chi connectivity index (χ3n) is 9.37. The van der Waals surface area contributed by atoms with E-state index in [9.17, 15) is 0 Å². The minimum atomic E-state index is -0.122. The Morgan fingerprint density at radius 3 is 2.30 bits per heavy atom. The first-order valence-electron chi connectivity index (χ1n) is 15.8. The Morgan fingerprint density at radius 1 is 0.617 bits per heavy atom. The topological polar surface area (TPSA) is 46.3 Å². The van der Waals surface area contributed by atoms with Crippen LogP contribution in [0.3, 0.4) is 0 Å². The fraction of sp³-hybridized carbons (Fsp3) is 0.0488. The number of aliphatic imine (C=N–C) groups is 1. The molecule has 222 valence electrons. The molecule has 0 saturated carbocycles. The van der Waals surface area contributed by atoms with Crippen molar-refractivity contribution in [2.45, 2.75) is 12.2 Å². The molecule has 1 aliphatic heterocycles. The summed E-state index contributed by atoms with van der Waals surface area (Å²) in [6.45, 7) is 0. The number of benzene rings is 4. The van der Waals surface area contributed by atoms with E-state index in [4.69, 9.17) is 15.0 Å². The van der Waals surface area contributed by atoms with Gasteiger partial charge in [-0.1, -0.05) is 97.1 Å². The first kappa shape index (κ1) is 26.4. The smallest absolute Gasteiger partial charge is 0.148 e. The predicted octanol–water partition coefficient (Wildman–Crippen LogP) is 10.1. The number of aromatic nitrogens is 3. The van der Waals surface area contributed by atoms with E-state index in [1.807, 2.05) is 29.8 Å². The van der Waals surface area contributed by atoms with Crippen molar-refractivity contribution in [2.24, 2.45) is 4.99 Å². The number of fused-ring (bicyclic) bond motifs is 7. The molecule has 0 saturated heterocycles. The summed E-state index contributed by atoms with van der Waals surface area (Å²) in [6.07, 6.45) is 12.4. The first-order chi connectivity index (χ1) is 23.3. The van der Waals surface area contributed by atoms with Crippen molar-refractivity contribution in [3.8, 4) is 16.9 Å². The Morgan fingerprint density at radius 2 is 1.45 bits per heavy atom. The Kier molecular flexibility index (Phi) is 5.80. The average molecular weight is 622 g/mol. The van der Waals surface area contributed by atoms with E-state index < -0.39 is 0 Å². The van der Waals surface area contributed by atoms with Crippen LogP contribution in [0.25, 0.3) is 59.1 Å². The van der Waals surface area contributed by atoms with Crippen LogP contribution in [0.5, 0.6) is 0 Å². The molecule has 2 aliphatic rings. The number of thiophene rings is 1. The summed E-state index contributed by atoms with van der Waals surface area (Å²) in [4.78, 5) is 17.8. The lowest BCUT2D eigenvalue weighted by Crippen LogP contribution is -2.35. The highest BCUT2D eigenvalue weighted by molar-refractivity contribution is 7.25. The van der Waals surface area contributed by atoms with Gasteiger partial charge in [-0.25, -0.2) is 4.98 Å². The van der Waals surface area contributed by atoms with Gasteiger partial charge in [0, 0.05) is 37.3 Å². The molecule has 0 spiro atoms. The van der Waals surface area contributed by atoms with Crippen LogP contribution in [0, 0.1) is 0 Å². The van der Waals surface area contributed by atoms with Gasteiger partial charge in [0.1, 0.15) is 12.0 Å². The molecule has 2 atom stereocenters. The summed E-state index contributed by atoms with van der Waals surface area (Å²) < 4.78 is 4.83. The molecule has 0 N–H and O–H groups in total. The Labute approximate surface area is 275 Å². The van der Waals surface area contributed by atoms with Crippen molar-refractivity contribution < 1.29 is 0 Å². The van der Waals surface area contributed by atoms with Crippen LogP contribution in [-0.4, -0.2) is 26.3 Å². The van der Waals surface area contributed by atoms with Crippen LogP contribution in [0.2, 0.25) is 0 Å². The number of hydrogen-bond donors (Lipinski definition) is 0. The van der Waals surface area contributed by atoms with E-state index in [2.05, 4.69) is 143 Å². The molecule has 2 unspecified atom stereocenters. The van der Waals surface area contributed by atoms with E-state index >= 15 is 0 Å². The summed E-state index contributed by atoms with van der Waals surface area (Å²) in [5, 5.41) is 3.67. The highest BCUT2D eigenvalue weighted by Gasteiger charge is 2.35. The predicted molar refractivity (Wildman–Crippen MR) is 196 cm³/mol. The molecule has 47 heavy (non-hydrogen) atoms. The molecule has 0 radical (unpaired) electrons. The lowest BCUT2D eigenvalue weighted by molar-refractivity contribution is 0.694. The van der Waals surface area contributed by atoms with E-state index in [-0.39, 0.29) is 12.2 Å². The third kappa shape index (κ3) is 4.12. The maximum absolute atomic E-state index is 5.16. The highest BCUT2D eigenvalue weighted by atomic mass is 32.1. The summed E-state index contributed by atoms with van der Waals surface area (Å²) in [5.74, 6) is 0.858. The number of pyridine rings is 2. The summed E-state index contributed by atoms with van der Waals surface area (Å²) >= 11 is 1.83. The second-order valence-electron chi connectivity index (χ2n) is 12.1. The fourth-order valence-corrected chi connectivity index (χ4v) is 8.31. The zero-order valence-electron chi connectivity index (χ0n) is 25.2. The average Bonchev–Trinajstić information content (AvgIpc) is 3.80. The summed E-state index contributed by atoms with van der Waals surface area (Å²) in [7, 11) is 0. The van der Waals surface area contributed by atoms with E-state index in [1.165, 1.54) is 20.2 Å². The molecule has 4 aromatic heterocycles. The standard InChI is InChI=1S/C41H27N5S/c1-3-11-26(12-4-1)28-21-36-40(43-24-28)32-22-31-30-15-7-10-18-37(30)47-38(31)23-35(32)46(36)39-20-19-29(25-42-39)45-34-17-9-8-16-33(34)44-41(45)27-13-5-2-6-14-27/h1-25,34,41H. The monoisotopic (exact) mass is 621 g/mol. The number of nitrogens with zero attached hydrogens (tertiary/aromatic N) is 5. The normalized spacial score (nSPS) is 17.3. The third-order valence-corrected chi connectivity index (χ3v) is 10.5. The summed E-state index contributed by atoms with van der Waals surface area (Å²) in [6, 6.07) is 40.9. The Bertz CT molecular complexity index is 2580. The second-order valence-corrected chi connectivity index (χ2v) is 13.1. The maximum atomic E-state index is 5.16. The fourth-order valence-electron chi connectivity index (χ4n) is 7.19. The molecule has 10 rings (SSSR count).